The molecule has 0 aliphatic heterocycles. The van der Waals surface area contributed by atoms with E-state index in [-0.39, 0.29) is 17.6 Å². The van der Waals surface area contributed by atoms with E-state index in [1.807, 2.05) is 13.8 Å². The number of carboxylic acid groups (broad SMARTS) is 1. The molecular weight excluding hydrogens is 232 g/mol. The van der Waals surface area contributed by atoms with Crippen molar-refractivity contribution in [2.24, 2.45) is 5.41 Å². The number of anilines is 1. The number of nitrogens with one attached hydrogen (secondary N) is 1. The third-order valence-corrected chi connectivity index (χ3v) is 2.74. The highest BCUT2D eigenvalue weighted by molar-refractivity contribution is 5.88. The molecule has 1 aromatic rings. The predicted octanol–water partition coefficient (Wildman–Crippen LogP) is 1.91. The minimum Gasteiger partial charge on any atom is -0.478 e. The number of aromatic carboxylic acids is 1. The number of rotatable bonds is 6. The smallest absolute Gasteiger partial charge is 0.335 e. The van der Waals surface area contributed by atoms with Crippen LogP contribution in [0.15, 0.2) is 12.1 Å². The SMILES string of the molecule is Cc1cc(C(=O)O)cc(NCC(C)(C)CCO)n1. The Morgan fingerprint density at radius 1 is 1.44 bits per heavy atom. The molecular formula is C13H20N2O3. The minimum atomic E-state index is -0.960. The molecule has 0 spiro atoms. The Bertz CT molecular complexity index is 430. The summed E-state index contributed by atoms with van der Waals surface area (Å²) in [5, 5.41) is 21.0. The molecule has 5 nitrogen and oxygen atoms in total. The van der Waals surface area contributed by atoms with Crippen molar-refractivity contribution in [3.8, 4) is 0 Å². The number of carbonyl (C=O) groups is 1. The van der Waals surface area contributed by atoms with Crippen LogP contribution in [0.5, 0.6) is 0 Å². The van der Waals surface area contributed by atoms with Crippen LogP contribution in [0.1, 0.15) is 36.3 Å². The van der Waals surface area contributed by atoms with E-state index in [2.05, 4.69) is 10.3 Å². The minimum absolute atomic E-state index is 0.0659. The molecule has 0 atom stereocenters. The second kappa shape index (κ2) is 5.82. The van der Waals surface area contributed by atoms with Crippen LogP contribution in [-0.2, 0) is 0 Å². The van der Waals surface area contributed by atoms with E-state index in [1.54, 1.807) is 6.92 Å². The summed E-state index contributed by atoms with van der Waals surface area (Å²) in [6.45, 7) is 6.59. The van der Waals surface area contributed by atoms with Gasteiger partial charge in [0.15, 0.2) is 0 Å². The third-order valence-electron chi connectivity index (χ3n) is 2.74. The van der Waals surface area contributed by atoms with Gasteiger partial charge in [0, 0.05) is 18.8 Å². The van der Waals surface area contributed by atoms with Gasteiger partial charge in [0.05, 0.1) is 5.56 Å². The molecule has 0 amide bonds. The molecule has 0 aromatic carbocycles. The van der Waals surface area contributed by atoms with Crippen LogP contribution >= 0.6 is 0 Å². The number of nitrogens with zero attached hydrogens (tertiary/aromatic N) is 1. The maximum Gasteiger partial charge on any atom is 0.335 e. The van der Waals surface area contributed by atoms with Gasteiger partial charge in [-0.05, 0) is 30.9 Å². The Morgan fingerprint density at radius 3 is 2.67 bits per heavy atom. The molecule has 0 saturated heterocycles. The summed E-state index contributed by atoms with van der Waals surface area (Å²) in [4.78, 5) is 15.2. The highest BCUT2D eigenvalue weighted by atomic mass is 16.4. The van der Waals surface area contributed by atoms with Gasteiger partial charge < -0.3 is 15.5 Å². The summed E-state index contributed by atoms with van der Waals surface area (Å²) in [7, 11) is 0. The van der Waals surface area contributed by atoms with E-state index in [4.69, 9.17) is 10.2 Å². The Kier molecular flexibility index (Phi) is 4.67. The number of aliphatic hydroxyl groups excluding tert-OH is 1. The third kappa shape index (κ3) is 4.33. The molecule has 0 unspecified atom stereocenters. The monoisotopic (exact) mass is 252 g/mol. The number of hydrogen-bond donors (Lipinski definition) is 3. The van der Waals surface area contributed by atoms with Gasteiger partial charge in [0.2, 0.25) is 0 Å². The van der Waals surface area contributed by atoms with Crippen LogP contribution in [-0.4, -0.2) is 34.3 Å². The first-order chi connectivity index (χ1) is 8.34. The number of aromatic nitrogens is 1. The fourth-order valence-electron chi connectivity index (χ4n) is 1.60. The van der Waals surface area contributed by atoms with Gasteiger partial charge in [-0.2, -0.15) is 0 Å². The molecule has 3 N–H and O–H groups in total. The van der Waals surface area contributed by atoms with Crippen molar-refractivity contribution in [1.29, 1.82) is 0 Å². The summed E-state index contributed by atoms with van der Waals surface area (Å²) < 4.78 is 0. The van der Waals surface area contributed by atoms with Gasteiger partial charge in [-0.25, -0.2) is 9.78 Å². The Labute approximate surface area is 107 Å². The van der Waals surface area contributed by atoms with Gasteiger partial charge >= 0.3 is 5.97 Å². The van der Waals surface area contributed by atoms with Crippen molar-refractivity contribution in [3.05, 3.63) is 23.4 Å². The first-order valence-electron chi connectivity index (χ1n) is 5.91. The molecule has 5 heteroatoms. The molecule has 1 heterocycles. The van der Waals surface area contributed by atoms with Crippen LogP contribution in [0.4, 0.5) is 5.82 Å². The van der Waals surface area contributed by atoms with Gasteiger partial charge in [-0.1, -0.05) is 13.8 Å². The average Bonchev–Trinajstić information content (AvgIpc) is 2.26. The molecule has 0 saturated carbocycles. The van der Waals surface area contributed by atoms with Crippen molar-refractivity contribution in [2.45, 2.75) is 27.2 Å². The summed E-state index contributed by atoms with van der Waals surface area (Å²) in [5.41, 5.74) is 0.825. The second-order valence-corrected chi connectivity index (χ2v) is 5.18. The van der Waals surface area contributed by atoms with Crippen molar-refractivity contribution >= 4 is 11.8 Å². The fraction of sp³-hybridized carbons (Fsp3) is 0.538. The molecule has 0 aliphatic rings. The van der Waals surface area contributed by atoms with Crippen LogP contribution in [0.25, 0.3) is 0 Å². The van der Waals surface area contributed by atoms with Gasteiger partial charge in [-0.15, -0.1) is 0 Å². The quantitative estimate of drug-likeness (QED) is 0.720. The zero-order valence-corrected chi connectivity index (χ0v) is 11.0. The van der Waals surface area contributed by atoms with Crippen molar-refractivity contribution in [1.82, 2.24) is 4.98 Å². The fourth-order valence-corrected chi connectivity index (χ4v) is 1.60. The first kappa shape index (κ1) is 14.4. The lowest BCUT2D eigenvalue weighted by atomic mass is 9.90. The largest absolute Gasteiger partial charge is 0.478 e. The molecule has 18 heavy (non-hydrogen) atoms. The van der Waals surface area contributed by atoms with E-state index in [0.29, 0.717) is 24.5 Å². The predicted molar refractivity (Wildman–Crippen MR) is 69.9 cm³/mol. The lowest BCUT2D eigenvalue weighted by Gasteiger charge is -2.24. The van der Waals surface area contributed by atoms with E-state index in [1.165, 1.54) is 12.1 Å². The lowest BCUT2D eigenvalue weighted by molar-refractivity contribution is 0.0696. The highest BCUT2D eigenvalue weighted by Crippen LogP contribution is 2.20. The van der Waals surface area contributed by atoms with Crippen LogP contribution in [0, 0.1) is 12.3 Å². The second-order valence-electron chi connectivity index (χ2n) is 5.18. The summed E-state index contributed by atoms with van der Waals surface area (Å²) in [6, 6.07) is 3.05. The molecule has 0 aliphatic carbocycles. The summed E-state index contributed by atoms with van der Waals surface area (Å²) in [6.07, 6.45) is 0.678. The number of aryl methyl sites for hydroxylation is 1. The highest BCUT2D eigenvalue weighted by Gasteiger charge is 2.17. The number of hydrogen-bond acceptors (Lipinski definition) is 4. The Balaban J connectivity index is 2.76. The topological polar surface area (TPSA) is 82.5 Å². The normalized spacial score (nSPS) is 11.3. The molecule has 1 rings (SSSR count). The van der Waals surface area contributed by atoms with Gasteiger partial charge in [0.25, 0.3) is 0 Å². The summed E-state index contributed by atoms with van der Waals surface area (Å²) in [5.74, 6) is -0.406. The zero-order valence-electron chi connectivity index (χ0n) is 11.0. The van der Waals surface area contributed by atoms with E-state index in [0.717, 1.165) is 0 Å². The van der Waals surface area contributed by atoms with E-state index >= 15 is 0 Å². The summed E-state index contributed by atoms with van der Waals surface area (Å²) >= 11 is 0. The number of pyridine rings is 1. The average molecular weight is 252 g/mol. The maximum absolute atomic E-state index is 10.9. The molecule has 0 fully saturated rings. The lowest BCUT2D eigenvalue weighted by Crippen LogP contribution is -2.24. The first-order valence-corrected chi connectivity index (χ1v) is 5.91. The van der Waals surface area contributed by atoms with Gasteiger partial charge in [0.1, 0.15) is 5.82 Å². The Morgan fingerprint density at radius 2 is 2.11 bits per heavy atom. The van der Waals surface area contributed by atoms with Gasteiger partial charge in [-0.3, -0.25) is 0 Å². The number of carboxylic acids is 1. The molecule has 0 bridgehead atoms. The van der Waals surface area contributed by atoms with Crippen LogP contribution in [0.2, 0.25) is 0 Å². The van der Waals surface area contributed by atoms with E-state index in [9.17, 15) is 4.79 Å². The zero-order chi connectivity index (χ0) is 13.8. The van der Waals surface area contributed by atoms with Crippen molar-refractivity contribution in [2.75, 3.05) is 18.5 Å². The Hall–Kier alpha value is -1.62. The van der Waals surface area contributed by atoms with E-state index < -0.39 is 5.97 Å². The molecule has 0 radical (unpaired) electrons. The molecule has 100 valence electrons. The van der Waals surface area contributed by atoms with Crippen molar-refractivity contribution < 1.29 is 15.0 Å². The van der Waals surface area contributed by atoms with Crippen LogP contribution in [0.3, 0.4) is 0 Å². The van der Waals surface area contributed by atoms with Crippen LogP contribution < -0.4 is 5.32 Å². The molecule has 1 aromatic heterocycles. The standard InChI is InChI=1S/C13H20N2O3/c1-9-6-10(12(17)18)7-11(15-9)14-8-13(2,3)4-5-16/h6-7,16H,4-5,8H2,1-3H3,(H,14,15)(H,17,18). The van der Waals surface area contributed by atoms with Crippen molar-refractivity contribution in [3.63, 3.8) is 0 Å². The maximum atomic E-state index is 10.9. The number of aliphatic hydroxyl groups is 1.